The highest BCUT2D eigenvalue weighted by atomic mass is 16.3. The van der Waals surface area contributed by atoms with E-state index < -0.39 is 0 Å². The number of amides is 1. The number of carboxylic acid groups (broad SMARTS) is 1. The molecule has 1 spiro atoms. The Morgan fingerprint density at radius 1 is 1.00 bits per heavy atom. The summed E-state index contributed by atoms with van der Waals surface area (Å²) in [7, 11) is 0. The molecular formula is C26H24N2O4. The zero-order valence-corrected chi connectivity index (χ0v) is 17.5. The van der Waals surface area contributed by atoms with Crippen molar-refractivity contribution >= 4 is 18.5 Å². The molecular weight excluding hydrogens is 404 g/mol. The van der Waals surface area contributed by atoms with Gasteiger partial charge in [-0.3, -0.25) is 14.6 Å². The van der Waals surface area contributed by atoms with Crippen molar-refractivity contribution in [3.8, 4) is 16.9 Å². The maximum Gasteiger partial charge on any atom is 0.290 e. The Kier molecular flexibility index (Phi) is 6.03. The highest BCUT2D eigenvalue weighted by molar-refractivity contribution is 5.95. The van der Waals surface area contributed by atoms with Gasteiger partial charge in [0.2, 0.25) is 0 Å². The molecule has 1 saturated heterocycles. The summed E-state index contributed by atoms with van der Waals surface area (Å²) in [5.74, 6) is 0.176. The molecule has 0 saturated carbocycles. The van der Waals surface area contributed by atoms with Crippen LogP contribution in [0.15, 0.2) is 73.1 Å². The van der Waals surface area contributed by atoms with E-state index in [1.54, 1.807) is 12.3 Å². The molecule has 0 radical (unpaired) electrons. The number of hydrogen-bond donors (Lipinski definition) is 2. The van der Waals surface area contributed by atoms with Gasteiger partial charge in [-0.05, 0) is 47.7 Å². The van der Waals surface area contributed by atoms with E-state index >= 15 is 0 Å². The van der Waals surface area contributed by atoms with E-state index in [-0.39, 0.29) is 23.5 Å². The fourth-order valence-corrected chi connectivity index (χ4v) is 4.58. The summed E-state index contributed by atoms with van der Waals surface area (Å²) in [6.45, 7) is 1.24. The molecule has 1 aromatic heterocycles. The Balaban J connectivity index is 0.000000775. The topological polar surface area (TPSA) is 90.7 Å². The Morgan fingerprint density at radius 2 is 1.75 bits per heavy atom. The molecule has 0 unspecified atom stereocenters. The first kappa shape index (κ1) is 21.3. The van der Waals surface area contributed by atoms with Gasteiger partial charge in [0, 0.05) is 35.8 Å². The summed E-state index contributed by atoms with van der Waals surface area (Å²) in [4.78, 5) is 27.5. The molecule has 6 nitrogen and oxygen atoms in total. The van der Waals surface area contributed by atoms with Gasteiger partial charge in [0.1, 0.15) is 5.75 Å². The Morgan fingerprint density at radius 3 is 2.50 bits per heavy atom. The minimum atomic E-state index is -0.250. The molecule has 1 fully saturated rings. The first-order chi connectivity index (χ1) is 15.6. The van der Waals surface area contributed by atoms with Crippen LogP contribution in [-0.4, -0.2) is 45.6 Å². The van der Waals surface area contributed by atoms with Crippen LogP contribution < -0.4 is 0 Å². The summed E-state index contributed by atoms with van der Waals surface area (Å²) in [5, 5.41) is 16.6. The second-order valence-electron chi connectivity index (χ2n) is 7.99. The SMILES string of the molecule is O=C(c1cccc(-c2cncc(O)c2)c1)N1CCC2(C=Cc3ccccc32)CC1.O=CO. The molecule has 2 N–H and O–H groups in total. The largest absolute Gasteiger partial charge is 0.506 e. The average Bonchev–Trinajstić information content (AvgIpc) is 3.18. The van der Waals surface area contributed by atoms with Gasteiger partial charge in [0.15, 0.2) is 0 Å². The van der Waals surface area contributed by atoms with Crippen LogP contribution in [0.1, 0.15) is 34.3 Å². The van der Waals surface area contributed by atoms with Crippen molar-refractivity contribution in [1.29, 1.82) is 0 Å². The fraction of sp³-hybridized carbons (Fsp3) is 0.192. The van der Waals surface area contributed by atoms with E-state index in [4.69, 9.17) is 9.90 Å². The third kappa shape index (κ3) is 4.12. The van der Waals surface area contributed by atoms with Gasteiger partial charge in [0.25, 0.3) is 12.4 Å². The zero-order valence-electron chi connectivity index (χ0n) is 17.5. The van der Waals surface area contributed by atoms with E-state index in [2.05, 4.69) is 41.4 Å². The number of benzene rings is 2. The van der Waals surface area contributed by atoms with Crippen LogP contribution in [0.4, 0.5) is 0 Å². The molecule has 2 aromatic carbocycles. The Labute approximate surface area is 186 Å². The molecule has 1 aliphatic carbocycles. The minimum absolute atomic E-state index is 0.0603. The van der Waals surface area contributed by atoms with Crippen LogP contribution in [0, 0.1) is 0 Å². The third-order valence-corrected chi connectivity index (χ3v) is 6.19. The van der Waals surface area contributed by atoms with Crippen molar-refractivity contribution in [3.63, 3.8) is 0 Å². The third-order valence-electron chi connectivity index (χ3n) is 6.19. The fourth-order valence-electron chi connectivity index (χ4n) is 4.58. The standard InChI is InChI=1S/C25H22N2O2.CH2O2/c28-22-15-21(16-26-17-22)19-5-3-6-20(14-19)24(29)27-12-10-25(11-13-27)9-8-18-4-1-2-7-23(18)25;2-1-3/h1-9,14-17,28H,10-13H2;1H,(H,2,3). The van der Waals surface area contributed by atoms with E-state index in [1.165, 1.54) is 17.3 Å². The van der Waals surface area contributed by atoms with Crippen molar-refractivity contribution in [1.82, 2.24) is 9.88 Å². The van der Waals surface area contributed by atoms with Crippen molar-refractivity contribution in [2.24, 2.45) is 0 Å². The maximum atomic E-state index is 13.1. The van der Waals surface area contributed by atoms with Gasteiger partial charge in [-0.2, -0.15) is 0 Å². The van der Waals surface area contributed by atoms with Gasteiger partial charge >= 0.3 is 0 Å². The number of carbonyl (C=O) groups excluding carboxylic acids is 1. The van der Waals surface area contributed by atoms with Crippen molar-refractivity contribution in [2.75, 3.05) is 13.1 Å². The summed E-state index contributed by atoms with van der Waals surface area (Å²) in [5.41, 5.74) is 5.11. The first-order valence-corrected chi connectivity index (χ1v) is 10.5. The number of hydrogen-bond acceptors (Lipinski definition) is 4. The summed E-state index contributed by atoms with van der Waals surface area (Å²) in [6, 6.07) is 17.8. The monoisotopic (exact) mass is 428 g/mol. The lowest BCUT2D eigenvalue weighted by atomic mass is 9.74. The van der Waals surface area contributed by atoms with Gasteiger partial charge in [-0.1, -0.05) is 48.6 Å². The molecule has 5 rings (SSSR count). The molecule has 162 valence electrons. The van der Waals surface area contributed by atoms with E-state index in [0.29, 0.717) is 5.56 Å². The number of nitrogens with zero attached hydrogens (tertiary/aromatic N) is 2. The van der Waals surface area contributed by atoms with Gasteiger partial charge < -0.3 is 15.1 Å². The first-order valence-electron chi connectivity index (χ1n) is 10.5. The van der Waals surface area contributed by atoms with Gasteiger partial charge in [0.05, 0.1) is 6.20 Å². The van der Waals surface area contributed by atoms with E-state index in [1.807, 2.05) is 29.2 Å². The van der Waals surface area contributed by atoms with E-state index in [0.717, 1.165) is 37.1 Å². The molecule has 0 atom stereocenters. The number of allylic oxidation sites excluding steroid dienone is 1. The molecule has 6 heteroatoms. The maximum absolute atomic E-state index is 13.1. The smallest absolute Gasteiger partial charge is 0.290 e. The van der Waals surface area contributed by atoms with Crippen molar-refractivity contribution < 1.29 is 19.8 Å². The zero-order chi connectivity index (χ0) is 22.6. The molecule has 1 amide bonds. The molecule has 0 bridgehead atoms. The van der Waals surface area contributed by atoms with Gasteiger partial charge in [-0.25, -0.2) is 0 Å². The number of rotatable bonds is 2. The summed E-state index contributed by atoms with van der Waals surface area (Å²) in [6.07, 6.45) is 9.54. The Hall–Kier alpha value is -3.93. The van der Waals surface area contributed by atoms with Crippen LogP contribution in [-0.2, 0) is 10.2 Å². The number of fused-ring (bicyclic) bond motifs is 2. The van der Waals surface area contributed by atoms with E-state index in [9.17, 15) is 9.90 Å². The molecule has 1 aliphatic heterocycles. The van der Waals surface area contributed by atoms with Gasteiger partial charge in [-0.15, -0.1) is 0 Å². The highest BCUT2D eigenvalue weighted by Gasteiger charge is 2.38. The molecule has 2 aliphatic rings. The number of carbonyl (C=O) groups is 2. The number of piperidine rings is 1. The second-order valence-corrected chi connectivity index (χ2v) is 7.99. The quantitative estimate of drug-likeness (QED) is 0.592. The predicted octanol–water partition coefficient (Wildman–Crippen LogP) is 4.36. The minimum Gasteiger partial charge on any atom is -0.506 e. The van der Waals surface area contributed by atoms with Crippen LogP contribution in [0.2, 0.25) is 0 Å². The lowest BCUT2D eigenvalue weighted by molar-refractivity contribution is -0.122. The van der Waals surface area contributed by atoms with Crippen LogP contribution >= 0.6 is 0 Å². The number of likely N-dealkylation sites (tertiary alicyclic amines) is 1. The van der Waals surface area contributed by atoms with Crippen LogP contribution in [0.3, 0.4) is 0 Å². The highest BCUT2D eigenvalue weighted by Crippen LogP contribution is 2.43. The van der Waals surface area contributed by atoms with Crippen LogP contribution in [0.25, 0.3) is 17.2 Å². The number of aromatic nitrogens is 1. The van der Waals surface area contributed by atoms with Crippen molar-refractivity contribution in [2.45, 2.75) is 18.3 Å². The Bertz CT molecular complexity index is 1160. The molecule has 3 aromatic rings. The lowest BCUT2D eigenvalue weighted by Gasteiger charge is -2.39. The predicted molar refractivity (Wildman–Crippen MR) is 122 cm³/mol. The van der Waals surface area contributed by atoms with Crippen LogP contribution in [0.5, 0.6) is 5.75 Å². The number of pyridine rings is 1. The summed E-state index contributed by atoms with van der Waals surface area (Å²) < 4.78 is 0. The summed E-state index contributed by atoms with van der Waals surface area (Å²) >= 11 is 0. The number of aromatic hydroxyl groups is 1. The normalized spacial score (nSPS) is 15.6. The molecule has 2 heterocycles. The lowest BCUT2D eigenvalue weighted by Crippen LogP contribution is -2.44. The molecule has 32 heavy (non-hydrogen) atoms. The van der Waals surface area contributed by atoms with Crippen molar-refractivity contribution in [3.05, 3.63) is 89.8 Å². The second kappa shape index (κ2) is 9.06. The average molecular weight is 428 g/mol.